The van der Waals surface area contributed by atoms with Crippen molar-refractivity contribution in [1.29, 1.82) is 0 Å². The highest BCUT2D eigenvalue weighted by Crippen LogP contribution is 2.21. The van der Waals surface area contributed by atoms with E-state index in [4.69, 9.17) is 0 Å². The third kappa shape index (κ3) is 2.95. The van der Waals surface area contributed by atoms with E-state index < -0.39 is 0 Å². The summed E-state index contributed by atoms with van der Waals surface area (Å²) in [4.78, 5) is 10.3. The molecule has 0 radical (unpaired) electrons. The third-order valence-electron chi connectivity index (χ3n) is 2.98. The number of hydrogen-bond donors (Lipinski definition) is 0. The minimum Gasteiger partial charge on any atom is -0.303 e. The molecule has 0 saturated carbocycles. The van der Waals surface area contributed by atoms with Gasteiger partial charge >= 0.3 is 0 Å². The summed E-state index contributed by atoms with van der Waals surface area (Å²) in [6.07, 6.45) is 2.34. The van der Waals surface area contributed by atoms with Crippen LogP contribution in [0.2, 0.25) is 0 Å². The molecule has 0 aliphatic rings. The van der Waals surface area contributed by atoms with Crippen molar-refractivity contribution >= 4 is 11.9 Å². The summed E-state index contributed by atoms with van der Waals surface area (Å²) in [6, 6.07) is 18.4. The molecule has 1 heteroatoms. The maximum absolute atomic E-state index is 10.3. The van der Waals surface area contributed by atoms with Crippen molar-refractivity contribution in [2.45, 2.75) is 12.8 Å². The first kappa shape index (κ1) is 12.3. The Kier molecular flexibility index (Phi) is 4.08. The van der Waals surface area contributed by atoms with Crippen LogP contribution in [0, 0.1) is 0 Å². The van der Waals surface area contributed by atoms with Gasteiger partial charge in [0, 0.05) is 6.42 Å². The molecule has 0 saturated heterocycles. The second kappa shape index (κ2) is 5.97. The van der Waals surface area contributed by atoms with Crippen LogP contribution in [0.25, 0.3) is 5.57 Å². The molecule has 0 aromatic heterocycles. The molecule has 0 unspecified atom stereocenters. The van der Waals surface area contributed by atoms with Gasteiger partial charge in [-0.1, -0.05) is 61.2 Å². The Morgan fingerprint density at radius 2 is 1.56 bits per heavy atom. The van der Waals surface area contributed by atoms with Gasteiger partial charge in [-0.25, -0.2) is 0 Å². The molecule has 0 heterocycles. The Hall–Kier alpha value is -2.15. The highest BCUT2D eigenvalue weighted by atomic mass is 16.1. The first-order chi connectivity index (χ1) is 8.81. The van der Waals surface area contributed by atoms with Crippen molar-refractivity contribution in [3.63, 3.8) is 0 Å². The van der Waals surface area contributed by atoms with Crippen LogP contribution in [0.5, 0.6) is 0 Å². The summed E-state index contributed by atoms with van der Waals surface area (Å²) in [5.41, 5.74) is 4.47. The summed E-state index contributed by atoms with van der Waals surface area (Å²) in [5, 5.41) is 0. The molecule has 0 N–H and O–H groups in total. The van der Waals surface area contributed by atoms with Crippen LogP contribution in [0.4, 0.5) is 0 Å². The zero-order valence-electron chi connectivity index (χ0n) is 10.3. The van der Waals surface area contributed by atoms with Crippen molar-refractivity contribution < 1.29 is 4.79 Å². The number of benzene rings is 2. The van der Waals surface area contributed by atoms with Crippen molar-refractivity contribution in [2.24, 2.45) is 0 Å². The van der Waals surface area contributed by atoms with Crippen molar-refractivity contribution in [1.82, 2.24) is 0 Å². The van der Waals surface area contributed by atoms with E-state index in [1.165, 1.54) is 5.56 Å². The van der Waals surface area contributed by atoms with Gasteiger partial charge in [0.25, 0.3) is 0 Å². The molecule has 1 nitrogen and oxygen atoms in total. The van der Waals surface area contributed by atoms with Gasteiger partial charge in [-0.2, -0.15) is 0 Å². The van der Waals surface area contributed by atoms with Gasteiger partial charge in [-0.3, -0.25) is 0 Å². The Morgan fingerprint density at radius 1 is 0.944 bits per heavy atom. The van der Waals surface area contributed by atoms with Crippen LogP contribution in [0.3, 0.4) is 0 Å². The van der Waals surface area contributed by atoms with E-state index in [0.717, 1.165) is 29.4 Å². The summed E-state index contributed by atoms with van der Waals surface area (Å²) in [5.74, 6) is 0. The summed E-state index contributed by atoms with van der Waals surface area (Å²) in [6.45, 7) is 4.13. The standard InChI is InChI=1S/C17H16O/c1-14(16-7-3-2-4-8-16)17-11-9-15(10-12-17)6-5-13-18/h2-4,7-13H,1,5-6H2. The molecule has 0 bridgehead atoms. The lowest BCUT2D eigenvalue weighted by molar-refractivity contribution is -0.107. The lowest BCUT2D eigenvalue weighted by Gasteiger charge is -2.07. The highest BCUT2D eigenvalue weighted by Gasteiger charge is 2.01. The lowest BCUT2D eigenvalue weighted by Crippen LogP contribution is -1.89. The van der Waals surface area contributed by atoms with E-state index >= 15 is 0 Å². The van der Waals surface area contributed by atoms with Gasteiger partial charge in [0.05, 0.1) is 0 Å². The lowest BCUT2D eigenvalue weighted by atomic mass is 9.98. The number of rotatable bonds is 5. The summed E-state index contributed by atoms with van der Waals surface area (Å²) >= 11 is 0. The van der Waals surface area contributed by atoms with E-state index in [-0.39, 0.29) is 0 Å². The molecule has 0 spiro atoms. The maximum Gasteiger partial charge on any atom is 0.120 e. The van der Waals surface area contributed by atoms with Crippen molar-refractivity contribution in [3.8, 4) is 0 Å². The van der Waals surface area contributed by atoms with Gasteiger partial charge in [-0.15, -0.1) is 0 Å². The zero-order valence-corrected chi connectivity index (χ0v) is 10.3. The predicted octanol–water partition coefficient (Wildman–Crippen LogP) is 3.88. The molecular weight excluding hydrogens is 220 g/mol. The molecule has 0 aliphatic heterocycles. The van der Waals surface area contributed by atoms with Crippen LogP contribution >= 0.6 is 0 Å². The van der Waals surface area contributed by atoms with Gasteiger partial charge in [0.15, 0.2) is 0 Å². The predicted molar refractivity (Wildman–Crippen MR) is 75.4 cm³/mol. The van der Waals surface area contributed by atoms with E-state index in [0.29, 0.717) is 6.42 Å². The number of carbonyl (C=O) groups is 1. The molecule has 0 aliphatic carbocycles. The highest BCUT2D eigenvalue weighted by molar-refractivity contribution is 5.77. The summed E-state index contributed by atoms with van der Waals surface area (Å²) < 4.78 is 0. The minimum atomic E-state index is 0.582. The van der Waals surface area contributed by atoms with Gasteiger partial charge in [0.2, 0.25) is 0 Å². The number of carbonyl (C=O) groups excluding carboxylic acids is 1. The normalized spacial score (nSPS) is 10.0. The molecule has 0 amide bonds. The van der Waals surface area contributed by atoms with Crippen LogP contribution in [0.1, 0.15) is 23.1 Å². The number of hydrogen-bond acceptors (Lipinski definition) is 1. The quantitative estimate of drug-likeness (QED) is 0.720. The van der Waals surface area contributed by atoms with Gasteiger partial charge in [0.1, 0.15) is 6.29 Å². The Labute approximate surface area is 108 Å². The SMILES string of the molecule is C=C(c1ccccc1)c1ccc(CCC=O)cc1. The fourth-order valence-electron chi connectivity index (χ4n) is 1.90. The van der Waals surface area contributed by atoms with Crippen LogP contribution < -0.4 is 0 Å². The Balaban J connectivity index is 2.14. The fourth-order valence-corrected chi connectivity index (χ4v) is 1.90. The van der Waals surface area contributed by atoms with E-state index in [9.17, 15) is 4.79 Å². The first-order valence-electron chi connectivity index (χ1n) is 6.08. The third-order valence-corrected chi connectivity index (χ3v) is 2.98. The maximum atomic E-state index is 10.3. The average molecular weight is 236 g/mol. The molecule has 2 aromatic rings. The fraction of sp³-hybridized carbons (Fsp3) is 0.118. The molecule has 2 rings (SSSR count). The van der Waals surface area contributed by atoms with E-state index in [1.54, 1.807) is 0 Å². The van der Waals surface area contributed by atoms with E-state index in [1.807, 2.05) is 18.2 Å². The second-order valence-corrected chi connectivity index (χ2v) is 4.25. The minimum absolute atomic E-state index is 0.582. The Morgan fingerprint density at radius 3 is 2.17 bits per heavy atom. The van der Waals surface area contributed by atoms with Crippen molar-refractivity contribution in [2.75, 3.05) is 0 Å². The van der Waals surface area contributed by atoms with Gasteiger partial charge in [-0.05, 0) is 28.7 Å². The topological polar surface area (TPSA) is 17.1 Å². The largest absolute Gasteiger partial charge is 0.303 e. The monoisotopic (exact) mass is 236 g/mol. The molecule has 0 atom stereocenters. The molecular formula is C17H16O. The van der Waals surface area contributed by atoms with Crippen LogP contribution in [-0.4, -0.2) is 6.29 Å². The number of aryl methyl sites for hydroxylation is 1. The van der Waals surface area contributed by atoms with Crippen LogP contribution in [0.15, 0.2) is 61.2 Å². The molecule has 18 heavy (non-hydrogen) atoms. The van der Waals surface area contributed by atoms with Gasteiger partial charge < -0.3 is 4.79 Å². The second-order valence-electron chi connectivity index (χ2n) is 4.25. The van der Waals surface area contributed by atoms with Crippen molar-refractivity contribution in [3.05, 3.63) is 77.9 Å². The first-order valence-corrected chi connectivity index (χ1v) is 6.08. The van der Waals surface area contributed by atoms with E-state index in [2.05, 4.69) is 43.0 Å². The molecule has 2 aromatic carbocycles. The number of aldehydes is 1. The zero-order chi connectivity index (χ0) is 12.8. The molecule has 90 valence electrons. The van der Waals surface area contributed by atoms with Crippen LogP contribution in [-0.2, 0) is 11.2 Å². The summed E-state index contributed by atoms with van der Waals surface area (Å²) in [7, 11) is 0. The smallest absolute Gasteiger partial charge is 0.120 e. The Bertz CT molecular complexity index is 523. The molecule has 0 fully saturated rings. The average Bonchev–Trinajstić information content (AvgIpc) is 2.46.